The van der Waals surface area contributed by atoms with Crippen LogP contribution in [0.4, 0.5) is 0 Å². The van der Waals surface area contributed by atoms with Crippen LogP contribution in [0.1, 0.15) is 78.1 Å². The lowest BCUT2D eigenvalue weighted by molar-refractivity contribution is -0.147. The van der Waals surface area contributed by atoms with Crippen LogP contribution in [0.2, 0.25) is 0 Å². The summed E-state index contributed by atoms with van der Waals surface area (Å²) in [4.78, 5) is 0. The lowest BCUT2D eigenvalue weighted by atomic mass is 10.0. The van der Waals surface area contributed by atoms with Gasteiger partial charge in [-0.05, 0) is 26.2 Å². The Kier molecular flexibility index (Phi) is 8.15. The van der Waals surface area contributed by atoms with Crippen molar-refractivity contribution in [2.45, 2.75) is 90.4 Å². The molecule has 0 spiro atoms. The average molecular weight is 254 g/mol. The van der Waals surface area contributed by atoms with Crippen LogP contribution in [0.5, 0.6) is 0 Å². The molecule has 1 saturated heterocycles. The van der Waals surface area contributed by atoms with Crippen molar-refractivity contribution in [3.63, 3.8) is 0 Å². The van der Waals surface area contributed by atoms with Crippen LogP contribution < -0.4 is 0 Å². The van der Waals surface area contributed by atoms with Crippen molar-refractivity contribution in [3.8, 4) is 0 Å². The standard InChI is InChI=1S/C16H30O2/c1-4-5-6-7-8-11-15-12-9-10-13-16(18-15)17-14(2)3/h15-16H,2,4-13H2,1,3H3/t15-,16-/m1/s1. The Morgan fingerprint density at radius 3 is 2.61 bits per heavy atom. The van der Waals surface area contributed by atoms with Crippen LogP contribution in [0.15, 0.2) is 12.3 Å². The van der Waals surface area contributed by atoms with Crippen LogP contribution in [-0.4, -0.2) is 12.4 Å². The van der Waals surface area contributed by atoms with E-state index in [1.807, 2.05) is 6.92 Å². The summed E-state index contributed by atoms with van der Waals surface area (Å²) in [6.45, 7) is 7.95. The number of hydrogen-bond acceptors (Lipinski definition) is 2. The third kappa shape index (κ3) is 7.05. The molecular weight excluding hydrogens is 224 g/mol. The third-order valence-electron chi connectivity index (χ3n) is 3.52. The summed E-state index contributed by atoms with van der Waals surface area (Å²) < 4.78 is 11.7. The van der Waals surface area contributed by atoms with Crippen molar-refractivity contribution in [2.24, 2.45) is 0 Å². The Bertz CT molecular complexity index is 225. The highest BCUT2D eigenvalue weighted by molar-refractivity contribution is 4.76. The second kappa shape index (κ2) is 9.43. The van der Waals surface area contributed by atoms with Gasteiger partial charge >= 0.3 is 0 Å². The van der Waals surface area contributed by atoms with Crippen molar-refractivity contribution in [3.05, 3.63) is 12.3 Å². The Balaban J connectivity index is 2.19. The summed E-state index contributed by atoms with van der Waals surface area (Å²) in [5.41, 5.74) is 0. The molecule has 0 aliphatic carbocycles. The fourth-order valence-corrected chi connectivity index (χ4v) is 2.53. The zero-order chi connectivity index (χ0) is 13.2. The molecule has 2 heteroatoms. The number of allylic oxidation sites excluding steroid dienone is 1. The smallest absolute Gasteiger partial charge is 0.199 e. The molecule has 0 aromatic rings. The van der Waals surface area contributed by atoms with Crippen LogP contribution in [0, 0.1) is 0 Å². The first kappa shape index (κ1) is 15.6. The first-order valence-corrected chi connectivity index (χ1v) is 7.70. The second-order valence-corrected chi connectivity index (χ2v) is 5.49. The summed E-state index contributed by atoms with van der Waals surface area (Å²) in [5, 5.41) is 0. The minimum atomic E-state index is -0.0503. The van der Waals surface area contributed by atoms with Gasteiger partial charge in [0.25, 0.3) is 0 Å². The molecule has 1 aliphatic heterocycles. The number of rotatable bonds is 8. The van der Waals surface area contributed by atoms with E-state index in [1.54, 1.807) is 0 Å². The Morgan fingerprint density at radius 2 is 1.89 bits per heavy atom. The molecule has 0 amide bonds. The van der Waals surface area contributed by atoms with E-state index >= 15 is 0 Å². The molecule has 0 N–H and O–H groups in total. The van der Waals surface area contributed by atoms with E-state index in [4.69, 9.17) is 9.47 Å². The van der Waals surface area contributed by atoms with Gasteiger partial charge in [0.05, 0.1) is 11.9 Å². The monoisotopic (exact) mass is 254 g/mol. The van der Waals surface area contributed by atoms with Crippen molar-refractivity contribution in [1.29, 1.82) is 0 Å². The summed E-state index contributed by atoms with van der Waals surface area (Å²) in [7, 11) is 0. The number of hydrogen-bond donors (Lipinski definition) is 0. The highest BCUT2D eigenvalue weighted by atomic mass is 16.7. The van der Waals surface area contributed by atoms with Crippen LogP contribution >= 0.6 is 0 Å². The van der Waals surface area contributed by atoms with Gasteiger partial charge in [-0.15, -0.1) is 0 Å². The second-order valence-electron chi connectivity index (χ2n) is 5.49. The SMILES string of the molecule is C=C(C)O[C@H]1CCCC[C@@H](CCCCCCC)O1. The summed E-state index contributed by atoms with van der Waals surface area (Å²) in [6, 6.07) is 0. The third-order valence-corrected chi connectivity index (χ3v) is 3.52. The largest absolute Gasteiger partial charge is 0.470 e. The minimum Gasteiger partial charge on any atom is -0.470 e. The maximum atomic E-state index is 6.05. The molecule has 1 heterocycles. The fraction of sp³-hybridized carbons (Fsp3) is 0.875. The highest BCUT2D eigenvalue weighted by Crippen LogP contribution is 2.24. The van der Waals surface area contributed by atoms with Gasteiger partial charge in [-0.3, -0.25) is 0 Å². The predicted octanol–water partition coefficient (Wildman–Crippen LogP) is 5.18. The molecule has 0 saturated carbocycles. The van der Waals surface area contributed by atoms with Crippen molar-refractivity contribution in [1.82, 2.24) is 0 Å². The van der Waals surface area contributed by atoms with Crippen molar-refractivity contribution < 1.29 is 9.47 Å². The molecule has 0 aromatic carbocycles. The van der Waals surface area contributed by atoms with Gasteiger partial charge in [0.1, 0.15) is 0 Å². The summed E-state index contributed by atoms with van der Waals surface area (Å²) in [6.07, 6.45) is 12.9. The van der Waals surface area contributed by atoms with E-state index in [0.717, 1.165) is 12.2 Å². The molecule has 0 bridgehead atoms. The molecule has 2 nitrogen and oxygen atoms in total. The normalized spacial score (nSPS) is 24.6. The molecule has 0 unspecified atom stereocenters. The van der Waals surface area contributed by atoms with Crippen LogP contribution in [0.3, 0.4) is 0 Å². The average Bonchev–Trinajstić information content (AvgIpc) is 2.53. The van der Waals surface area contributed by atoms with Crippen molar-refractivity contribution in [2.75, 3.05) is 0 Å². The van der Waals surface area contributed by atoms with Gasteiger partial charge in [0.15, 0.2) is 6.29 Å². The minimum absolute atomic E-state index is 0.0503. The van der Waals surface area contributed by atoms with E-state index in [-0.39, 0.29) is 6.29 Å². The van der Waals surface area contributed by atoms with Gasteiger partial charge in [-0.1, -0.05) is 52.0 Å². The van der Waals surface area contributed by atoms with Gasteiger partial charge in [0, 0.05) is 6.42 Å². The van der Waals surface area contributed by atoms with Gasteiger partial charge in [-0.2, -0.15) is 0 Å². The molecular formula is C16H30O2. The number of unbranched alkanes of at least 4 members (excludes halogenated alkanes) is 4. The van der Waals surface area contributed by atoms with Crippen LogP contribution in [-0.2, 0) is 9.47 Å². The molecule has 1 fully saturated rings. The Labute approximate surface area is 113 Å². The maximum Gasteiger partial charge on any atom is 0.199 e. The fourth-order valence-electron chi connectivity index (χ4n) is 2.53. The molecule has 2 atom stereocenters. The quantitative estimate of drug-likeness (QED) is 0.439. The molecule has 106 valence electrons. The molecule has 0 radical (unpaired) electrons. The lowest BCUT2D eigenvalue weighted by Crippen LogP contribution is -2.22. The summed E-state index contributed by atoms with van der Waals surface area (Å²) >= 11 is 0. The van der Waals surface area contributed by atoms with Gasteiger partial charge < -0.3 is 9.47 Å². The van der Waals surface area contributed by atoms with Crippen molar-refractivity contribution >= 4 is 0 Å². The van der Waals surface area contributed by atoms with Gasteiger partial charge in [0.2, 0.25) is 0 Å². The lowest BCUT2D eigenvalue weighted by Gasteiger charge is -2.22. The number of ether oxygens (including phenoxy) is 2. The Hall–Kier alpha value is -0.500. The van der Waals surface area contributed by atoms with E-state index < -0.39 is 0 Å². The van der Waals surface area contributed by atoms with E-state index in [1.165, 1.54) is 57.8 Å². The summed E-state index contributed by atoms with van der Waals surface area (Å²) in [5.74, 6) is 0.767. The molecule has 18 heavy (non-hydrogen) atoms. The first-order chi connectivity index (χ1) is 8.72. The zero-order valence-corrected chi connectivity index (χ0v) is 12.2. The van der Waals surface area contributed by atoms with E-state index in [9.17, 15) is 0 Å². The predicted molar refractivity (Wildman–Crippen MR) is 76.4 cm³/mol. The maximum absolute atomic E-state index is 6.05. The topological polar surface area (TPSA) is 18.5 Å². The molecule has 1 aliphatic rings. The van der Waals surface area contributed by atoms with Gasteiger partial charge in [-0.25, -0.2) is 0 Å². The Morgan fingerprint density at radius 1 is 1.17 bits per heavy atom. The molecule has 1 rings (SSSR count). The highest BCUT2D eigenvalue weighted by Gasteiger charge is 2.21. The first-order valence-electron chi connectivity index (χ1n) is 7.70. The van der Waals surface area contributed by atoms with E-state index in [2.05, 4.69) is 13.5 Å². The van der Waals surface area contributed by atoms with E-state index in [0.29, 0.717) is 6.10 Å². The zero-order valence-electron chi connectivity index (χ0n) is 12.2. The van der Waals surface area contributed by atoms with Crippen LogP contribution in [0.25, 0.3) is 0 Å². The molecule has 0 aromatic heterocycles.